The molecule has 1 heterocycles. The number of anilines is 1. The average Bonchev–Trinajstić information content (AvgIpc) is 3.13. The first-order chi connectivity index (χ1) is 12.2. The molecule has 0 amide bonds. The minimum absolute atomic E-state index is 0.260. The zero-order chi connectivity index (χ0) is 17.6. The highest BCUT2D eigenvalue weighted by molar-refractivity contribution is 7.12. The molecular weight excluding hydrogens is 352 g/mol. The van der Waals surface area contributed by atoms with Crippen LogP contribution in [0.15, 0.2) is 59.0 Å². The Hall–Kier alpha value is -2.68. The van der Waals surface area contributed by atoms with Crippen LogP contribution in [0.3, 0.4) is 0 Å². The lowest BCUT2D eigenvalue weighted by Crippen LogP contribution is -2.02. The van der Waals surface area contributed by atoms with Gasteiger partial charge >= 0.3 is 0 Å². The lowest BCUT2D eigenvalue weighted by atomic mass is 10.1. The highest BCUT2D eigenvalue weighted by Gasteiger charge is 2.11. The fourth-order valence-electron chi connectivity index (χ4n) is 2.31. The molecule has 4 nitrogen and oxygen atoms in total. The summed E-state index contributed by atoms with van der Waals surface area (Å²) in [6, 6.07) is 17.5. The van der Waals surface area contributed by atoms with Gasteiger partial charge in [-0.1, -0.05) is 48.9 Å². The Balaban J connectivity index is 1.84. The summed E-state index contributed by atoms with van der Waals surface area (Å²) < 4.78 is 0. The molecule has 3 rings (SSSR count). The Morgan fingerprint density at radius 2 is 2.00 bits per heavy atom. The number of aromatic nitrogens is 1. The quantitative estimate of drug-likeness (QED) is 0.488. The summed E-state index contributed by atoms with van der Waals surface area (Å²) in [5.74, 6) is 0. The molecule has 0 saturated heterocycles. The van der Waals surface area contributed by atoms with Crippen LogP contribution in [0.25, 0.3) is 11.3 Å². The van der Waals surface area contributed by atoms with Crippen LogP contribution in [-0.4, -0.2) is 10.7 Å². The van der Waals surface area contributed by atoms with Gasteiger partial charge in [0, 0.05) is 16.0 Å². The van der Waals surface area contributed by atoms with Gasteiger partial charge in [0.1, 0.15) is 6.07 Å². The normalized spacial score (nSPS) is 11.2. The zero-order valence-electron chi connectivity index (χ0n) is 13.5. The van der Waals surface area contributed by atoms with Crippen molar-refractivity contribution in [2.24, 2.45) is 5.10 Å². The summed E-state index contributed by atoms with van der Waals surface area (Å²) >= 11 is 7.30. The molecule has 3 aromatic rings. The fourth-order valence-corrected chi connectivity index (χ4v) is 3.20. The van der Waals surface area contributed by atoms with Crippen LogP contribution in [0, 0.1) is 11.3 Å². The summed E-state index contributed by atoms with van der Waals surface area (Å²) in [5, 5.41) is 16.8. The van der Waals surface area contributed by atoms with Gasteiger partial charge in [-0.2, -0.15) is 10.4 Å². The number of hydrazone groups is 1. The number of halogens is 1. The monoisotopic (exact) mass is 366 g/mol. The van der Waals surface area contributed by atoms with Crippen molar-refractivity contribution in [1.29, 1.82) is 5.26 Å². The van der Waals surface area contributed by atoms with E-state index in [2.05, 4.69) is 28.5 Å². The van der Waals surface area contributed by atoms with Gasteiger partial charge in [0.15, 0.2) is 10.7 Å². The smallest absolute Gasteiger partial charge is 0.196 e. The van der Waals surface area contributed by atoms with Gasteiger partial charge in [-0.05, 0) is 30.2 Å². The molecule has 1 N–H and O–H groups in total. The molecule has 1 aromatic heterocycles. The molecule has 0 bridgehead atoms. The van der Waals surface area contributed by atoms with Crippen molar-refractivity contribution in [2.75, 3.05) is 5.43 Å². The lowest BCUT2D eigenvalue weighted by molar-refractivity contribution is 1.13. The molecule has 2 aromatic carbocycles. The third-order valence-corrected chi connectivity index (χ3v) is 4.74. The molecule has 124 valence electrons. The van der Waals surface area contributed by atoms with E-state index in [0.29, 0.717) is 10.0 Å². The van der Waals surface area contributed by atoms with Crippen LogP contribution in [0.5, 0.6) is 0 Å². The molecule has 0 saturated carbocycles. The number of nitriles is 1. The lowest BCUT2D eigenvalue weighted by Gasteiger charge is -2.06. The molecule has 6 heteroatoms. The first-order valence-electron chi connectivity index (χ1n) is 7.74. The second-order valence-corrected chi connectivity index (χ2v) is 6.53. The number of thiazole rings is 1. The Morgan fingerprint density at radius 3 is 2.72 bits per heavy atom. The van der Waals surface area contributed by atoms with Crippen LogP contribution in [0.2, 0.25) is 5.02 Å². The van der Waals surface area contributed by atoms with Gasteiger partial charge < -0.3 is 0 Å². The maximum Gasteiger partial charge on any atom is 0.196 e. The third kappa shape index (κ3) is 4.05. The van der Waals surface area contributed by atoms with E-state index in [4.69, 9.17) is 11.6 Å². The van der Waals surface area contributed by atoms with Gasteiger partial charge in [0.05, 0.1) is 11.4 Å². The van der Waals surface area contributed by atoms with E-state index in [9.17, 15) is 5.26 Å². The minimum Gasteiger partial charge on any atom is -0.277 e. The Morgan fingerprint density at radius 1 is 1.24 bits per heavy atom. The Bertz CT molecular complexity index is 939. The number of nitrogens with zero attached hydrogens (tertiary/aromatic N) is 3. The fraction of sp³-hybridized carbons (Fsp3) is 0.105. The number of aryl methyl sites for hydroxylation is 1. The first-order valence-corrected chi connectivity index (χ1v) is 9.00. The highest BCUT2D eigenvalue weighted by atomic mass is 35.5. The molecular formula is C19H15ClN4S. The topological polar surface area (TPSA) is 61.1 Å². The van der Waals surface area contributed by atoms with Crippen molar-refractivity contribution < 1.29 is 0 Å². The van der Waals surface area contributed by atoms with E-state index >= 15 is 0 Å². The van der Waals surface area contributed by atoms with E-state index in [1.165, 1.54) is 11.3 Å². The number of benzene rings is 2. The minimum atomic E-state index is 0.260. The van der Waals surface area contributed by atoms with Gasteiger partial charge in [-0.3, -0.25) is 5.43 Å². The summed E-state index contributed by atoms with van der Waals surface area (Å²) in [5.41, 5.74) is 7.04. The third-order valence-electron chi connectivity index (χ3n) is 3.64. The van der Waals surface area contributed by atoms with E-state index < -0.39 is 0 Å². The van der Waals surface area contributed by atoms with Crippen molar-refractivity contribution in [3.05, 3.63) is 69.5 Å². The summed E-state index contributed by atoms with van der Waals surface area (Å²) in [6.07, 6.45) is 0.887. The van der Waals surface area contributed by atoms with Crippen molar-refractivity contribution in [3.63, 3.8) is 0 Å². The maximum atomic E-state index is 9.43. The molecule has 0 fully saturated rings. The van der Waals surface area contributed by atoms with Crippen LogP contribution in [-0.2, 0) is 6.42 Å². The number of hydrogen-bond acceptors (Lipinski definition) is 5. The number of nitrogens with one attached hydrogen (secondary N) is 1. The molecule has 0 aliphatic heterocycles. The zero-order valence-corrected chi connectivity index (χ0v) is 15.1. The molecule has 0 unspecified atom stereocenters. The Labute approximate surface area is 155 Å². The van der Waals surface area contributed by atoms with Crippen LogP contribution >= 0.6 is 22.9 Å². The Kier molecular flexibility index (Phi) is 5.44. The summed E-state index contributed by atoms with van der Waals surface area (Å²) in [7, 11) is 0. The molecule has 0 spiro atoms. The predicted octanol–water partition coefficient (Wildman–Crippen LogP) is 5.37. The number of hydrogen-bond donors (Lipinski definition) is 1. The van der Waals surface area contributed by atoms with Gasteiger partial charge in [-0.15, -0.1) is 11.3 Å². The summed E-state index contributed by atoms with van der Waals surface area (Å²) in [4.78, 5) is 4.52. The second-order valence-electron chi connectivity index (χ2n) is 5.24. The molecule has 25 heavy (non-hydrogen) atoms. The van der Waals surface area contributed by atoms with E-state index in [1.54, 1.807) is 0 Å². The molecule has 0 atom stereocenters. The highest BCUT2D eigenvalue weighted by Crippen LogP contribution is 2.24. The number of rotatable bonds is 5. The maximum absolute atomic E-state index is 9.43. The summed E-state index contributed by atoms with van der Waals surface area (Å²) in [6.45, 7) is 2.08. The molecule has 0 aliphatic carbocycles. The van der Waals surface area contributed by atoms with Gasteiger partial charge in [-0.25, -0.2) is 4.98 Å². The van der Waals surface area contributed by atoms with Crippen molar-refractivity contribution in [2.45, 2.75) is 13.3 Å². The second kappa shape index (κ2) is 7.93. The van der Waals surface area contributed by atoms with E-state index in [-0.39, 0.29) is 5.71 Å². The molecule has 0 aliphatic rings. The van der Waals surface area contributed by atoms with Gasteiger partial charge in [0.25, 0.3) is 0 Å². The van der Waals surface area contributed by atoms with Crippen LogP contribution in [0.1, 0.15) is 17.5 Å². The van der Waals surface area contributed by atoms with Crippen molar-refractivity contribution in [1.82, 2.24) is 4.98 Å². The first kappa shape index (κ1) is 17.2. The van der Waals surface area contributed by atoms with Crippen LogP contribution < -0.4 is 5.43 Å². The standard InChI is InChI=1S/C19H15ClN4S/c1-2-13-5-3-4-6-16(13)23-24-17(11-21)19-22-18(12-25-19)14-7-9-15(20)10-8-14/h3-10,12,23H,2H2,1H3/b24-17+. The van der Waals surface area contributed by atoms with E-state index in [1.807, 2.05) is 53.9 Å². The number of para-hydroxylation sites is 1. The van der Waals surface area contributed by atoms with Crippen LogP contribution in [0.4, 0.5) is 5.69 Å². The van der Waals surface area contributed by atoms with Crippen molar-refractivity contribution >= 4 is 34.3 Å². The largest absolute Gasteiger partial charge is 0.277 e. The van der Waals surface area contributed by atoms with Gasteiger partial charge in [0.2, 0.25) is 0 Å². The van der Waals surface area contributed by atoms with Crippen molar-refractivity contribution in [3.8, 4) is 17.3 Å². The predicted molar refractivity (Wildman–Crippen MR) is 104 cm³/mol. The SMILES string of the molecule is CCc1ccccc1N/N=C(\C#N)c1nc(-c2ccc(Cl)cc2)cs1. The average molecular weight is 367 g/mol. The molecule has 0 radical (unpaired) electrons. The van der Waals surface area contributed by atoms with E-state index in [0.717, 1.165) is 28.9 Å².